The van der Waals surface area contributed by atoms with E-state index in [1.165, 1.54) is 0 Å². The number of nitrogens with zero attached hydrogens (tertiary/aromatic N) is 1. The number of benzene rings is 2. The molecule has 140 valence electrons. The molecule has 0 fully saturated rings. The molecule has 2 atom stereocenters. The second-order valence-corrected chi connectivity index (χ2v) is 7.50. The second-order valence-electron chi connectivity index (χ2n) is 7.50. The fraction of sp³-hybridized carbons (Fsp3) is 0.217. The summed E-state index contributed by atoms with van der Waals surface area (Å²) in [4.78, 5) is 13.3. The minimum absolute atomic E-state index is 0.127. The molecular formula is C23H20N2O3. The lowest BCUT2D eigenvalue weighted by molar-refractivity contribution is -0.116. The highest BCUT2D eigenvalue weighted by atomic mass is 16.5. The van der Waals surface area contributed by atoms with Gasteiger partial charge in [0.05, 0.1) is 11.3 Å². The molecule has 5 heteroatoms. The third kappa shape index (κ3) is 2.62. The summed E-state index contributed by atoms with van der Waals surface area (Å²) in [5.74, 6) is 0.747. The number of rotatable bonds is 2. The lowest BCUT2D eigenvalue weighted by atomic mass is 9.72. The number of hydrogen-bond acceptors (Lipinski definition) is 5. The van der Waals surface area contributed by atoms with Crippen molar-refractivity contribution >= 4 is 11.7 Å². The lowest BCUT2D eigenvalue weighted by Crippen LogP contribution is -2.29. The maximum Gasteiger partial charge on any atom is 0.233 e. The molecule has 1 aromatic heterocycles. The number of allylic oxidation sites excluding steroid dienone is 2. The Kier molecular flexibility index (Phi) is 3.83. The number of hydrogen-bond donors (Lipinski definition) is 2. The number of aromatic nitrogens is 1. The third-order valence-electron chi connectivity index (χ3n) is 5.73. The third-order valence-corrected chi connectivity index (χ3v) is 5.73. The number of ketones is 1. The first kappa shape index (κ1) is 16.8. The number of anilines is 1. The van der Waals surface area contributed by atoms with Crippen LogP contribution in [0.2, 0.25) is 0 Å². The van der Waals surface area contributed by atoms with Crippen molar-refractivity contribution in [3.8, 4) is 5.75 Å². The number of phenols is 1. The minimum atomic E-state index is -0.283. The minimum Gasteiger partial charge on any atom is -0.508 e. The van der Waals surface area contributed by atoms with E-state index in [9.17, 15) is 9.90 Å². The molecule has 2 N–H and O–H groups in total. The Labute approximate surface area is 162 Å². The van der Waals surface area contributed by atoms with Crippen LogP contribution >= 0.6 is 0 Å². The number of phenolic OH excluding ortho intramolecular Hbond substituents is 1. The van der Waals surface area contributed by atoms with Crippen LogP contribution in [0, 0.1) is 6.92 Å². The summed E-state index contributed by atoms with van der Waals surface area (Å²) in [7, 11) is 0. The van der Waals surface area contributed by atoms with Crippen LogP contribution in [-0.2, 0) is 4.79 Å². The Hall–Kier alpha value is -3.34. The fourth-order valence-corrected chi connectivity index (χ4v) is 4.47. The van der Waals surface area contributed by atoms with Crippen LogP contribution in [0.5, 0.6) is 5.75 Å². The second kappa shape index (κ2) is 6.37. The van der Waals surface area contributed by atoms with Gasteiger partial charge in [0.2, 0.25) is 5.88 Å². The zero-order chi connectivity index (χ0) is 19.3. The number of Topliss-reactive ketones (excluding diaryl/α,β-unsaturated/α-hetero) is 1. The van der Waals surface area contributed by atoms with Gasteiger partial charge in [0, 0.05) is 23.6 Å². The van der Waals surface area contributed by atoms with Crippen molar-refractivity contribution in [2.45, 2.75) is 31.6 Å². The molecule has 1 aliphatic carbocycles. The van der Waals surface area contributed by atoms with Crippen LogP contribution in [0.15, 0.2) is 70.4 Å². The van der Waals surface area contributed by atoms with E-state index in [1.54, 1.807) is 18.2 Å². The molecule has 2 aliphatic rings. The van der Waals surface area contributed by atoms with Crippen molar-refractivity contribution in [2.75, 3.05) is 5.32 Å². The topological polar surface area (TPSA) is 75.4 Å². The molecule has 0 spiro atoms. The van der Waals surface area contributed by atoms with Gasteiger partial charge in [-0.05, 0) is 42.5 Å². The largest absolute Gasteiger partial charge is 0.508 e. The van der Waals surface area contributed by atoms with Gasteiger partial charge in [0.25, 0.3) is 0 Å². The summed E-state index contributed by atoms with van der Waals surface area (Å²) >= 11 is 0. The molecule has 1 aliphatic heterocycles. The van der Waals surface area contributed by atoms with Crippen LogP contribution in [0.25, 0.3) is 0 Å². The van der Waals surface area contributed by atoms with Gasteiger partial charge < -0.3 is 14.9 Å². The molecule has 28 heavy (non-hydrogen) atoms. The number of aromatic hydroxyl groups is 1. The maximum absolute atomic E-state index is 13.3. The van der Waals surface area contributed by atoms with E-state index in [1.807, 2.05) is 31.2 Å². The van der Waals surface area contributed by atoms with Gasteiger partial charge in [-0.1, -0.05) is 47.6 Å². The predicted molar refractivity (Wildman–Crippen MR) is 105 cm³/mol. The van der Waals surface area contributed by atoms with E-state index in [2.05, 4.69) is 22.6 Å². The van der Waals surface area contributed by atoms with E-state index in [-0.39, 0.29) is 23.4 Å². The van der Waals surface area contributed by atoms with Crippen LogP contribution in [0.3, 0.4) is 0 Å². The van der Waals surface area contributed by atoms with Crippen LogP contribution in [0.4, 0.5) is 5.88 Å². The molecule has 0 radical (unpaired) electrons. The molecule has 2 heterocycles. The molecule has 2 aromatic carbocycles. The smallest absolute Gasteiger partial charge is 0.233 e. The summed E-state index contributed by atoms with van der Waals surface area (Å²) in [6.07, 6.45) is 1.21. The van der Waals surface area contributed by atoms with E-state index in [4.69, 9.17) is 4.52 Å². The zero-order valence-electron chi connectivity index (χ0n) is 15.5. The zero-order valence-corrected chi connectivity index (χ0v) is 15.5. The van der Waals surface area contributed by atoms with Gasteiger partial charge in [0.1, 0.15) is 5.75 Å². The van der Waals surface area contributed by atoms with Crippen molar-refractivity contribution in [2.24, 2.45) is 0 Å². The molecule has 0 bridgehead atoms. The van der Waals surface area contributed by atoms with Gasteiger partial charge in [-0.15, -0.1) is 0 Å². The summed E-state index contributed by atoms with van der Waals surface area (Å²) < 4.78 is 5.52. The number of carbonyl (C=O) groups is 1. The van der Waals surface area contributed by atoms with Crippen LogP contribution in [0.1, 0.15) is 47.1 Å². The first-order valence-electron chi connectivity index (χ1n) is 9.45. The van der Waals surface area contributed by atoms with E-state index in [0.717, 1.165) is 40.1 Å². The van der Waals surface area contributed by atoms with Gasteiger partial charge in [-0.25, -0.2) is 0 Å². The number of aryl methyl sites for hydroxylation is 1. The first-order valence-corrected chi connectivity index (χ1v) is 9.45. The molecule has 0 saturated carbocycles. The molecule has 5 nitrogen and oxygen atoms in total. The van der Waals surface area contributed by atoms with E-state index < -0.39 is 0 Å². The summed E-state index contributed by atoms with van der Waals surface area (Å²) in [5, 5.41) is 17.5. The Morgan fingerprint density at radius 2 is 1.86 bits per heavy atom. The van der Waals surface area contributed by atoms with Gasteiger partial charge in [0.15, 0.2) is 5.78 Å². The monoisotopic (exact) mass is 372 g/mol. The standard InChI is InChI=1S/C23H20N2O3/c1-13-20-21(15-8-5-9-17(26)10-15)22-18(24-23(20)28-25-13)11-16(12-19(22)27)14-6-3-2-4-7-14/h2-10,16,21,24,26H,11-12H2,1H3/t16-,21+/m1/s1. The number of nitrogens with one attached hydrogen (secondary N) is 1. The highest BCUT2D eigenvalue weighted by molar-refractivity contribution is 6.01. The lowest BCUT2D eigenvalue weighted by Gasteiger charge is -2.34. The SMILES string of the molecule is Cc1noc2c1[C@H](c1cccc(O)c1)C1=C(C[C@@H](c3ccccc3)CC1=O)N2. The fourth-order valence-electron chi connectivity index (χ4n) is 4.47. The van der Waals surface area contributed by atoms with E-state index >= 15 is 0 Å². The summed E-state index contributed by atoms with van der Waals surface area (Å²) in [6, 6.07) is 17.2. The quantitative estimate of drug-likeness (QED) is 0.685. The first-order chi connectivity index (χ1) is 13.6. The normalized spacial score (nSPS) is 21.1. The van der Waals surface area contributed by atoms with Gasteiger partial charge in [-0.2, -0.15) is 0 Å². The van der Waals surface area contributed by atoms with Crippen molar-refractivity contribution in [3.05, 3.63) is 88.3 Å². The maximum atomic E-state index is 13.3. The Balaban J connectivity index is 1.64. The predicted octanol–water partition coefficient (Wildman–Crippen LogP) is 4.65. The van der Waals surface area contributed by atoms with Crippen molar-refractivity contribution in [1.82, 2.24) is 5.16 Å². The molecule has 5 rings (SSSR count). The summed E-state index contributed by atoms with van der Waals surface area (Å²) in [6.45, 7) is 1.88. The van der Waals surface area contributed by atoms with Crippen LogP contribution in [-0.4, -0.2) is 16.0 Å². The highest BCUT2D eigenvalue weighted by Gasteiger charge is 2.41. The number of fused-ring (bicyclic) bond motifs is 1. The highest BCUT2D eigenvalue weighted by Crippen LogP contribution is 2.49. The van der Waals surface area contributed by atoms with Crippen molar-refractivity contribution < 1.29 is 14.4 Å². The summed E-state index contributed by atoms with van der Waals surface area (Å²) in [5.41, 5.74) is 5.31. The number of carbonyl (C=O) groups excluding carboxylic acids is 1. The Morgan fingerprint density at radius 1 is 1.07 bits per heavy atom. The molecule has 0 unspecified atom stereocenters. The van der Waals surface area contributed by atoms with Gasteiger partial charge in [-0.3, -0.25) is 4.79 Å². The molecule has 0 saturated heterocycles. The van der Waals surface area contributed by atoms with Crippen molar-refractivity contribution in [1.29, 1.82) is 0 Å². The van der Waals surface area contributed by atoms with E-state index in [0.29, 0.717) is 12.3 Å². The Morgan fingerprint density at radius 3 is 2.64 bits per heavy atom. The Bertz CT molecular complexity index is 1100. The van der Waals surface area contributed by atoms with Gasteiger partial charge >= 0.3 is 0 Å². The average molecular weight is 372 g/mol. The van der Waals surface area contributed by atoms with Crippen LogP contribution < -0.4 is 5.32 Å². The van der Waals surface area contributed by atoms with Crippen molar-refractivity contribution in [3.63, 3.8) is 0 Å². The molecular weight excluding hydrogens is 352 g/mol. The molecule has 3 aromatic rings. The molecule has 0 amide bonds. The average Bonchev–Trinajstić information content (AvgIpc) is 3.07.